The van der Waals surface area contributed by atoms with Crippen LogP contribution in [0.15, 0.2) is 18.2 Å². The third-order valence-electron chi connectivity index (χ3n) is 6.23. The molecular formula is C19H25ClN2O. The van der Waals surface area contributed by atoms with E-state index in [0.717, 1.165) is 35.5 Å². The van der Waals surface area contributed by atoms with Crippen molar-refractivity contribution in [2.45, 2.75) is 45.4 Å². The highest BCUT2D eigenvalue weighted by atomic mass is 35.5. The minimum absolute atomic E-state index is 0.0915. The summed E-state index contributed by atoms with van der Waals surface area (Å²) in [5.74, 6) is 2.76. The van der Waals surface area contributed by atoms with Crippen molar-refractivity contribution in [2.75, 3.05) is 11.9 Å². The summed E-state index contributed by atoms with van der Waals surface area (Å²) in [5, 5.41) is 6.80. The van der Waals surface area contributed by atoms with E-state index in [0.29, 0.717) is 10.4 Å². The highest BCUT2D eigenvalue weighted by molar-refractivity contribution is 6.30. The largest absolute Gasteiger partial charge is 0.337 e. The van der Waals surface area contributed by atoms with Gasteiger partial charge in [0.05, 0.1) is 0 Å². The molecule has 124 valence electrons. The molecule has 4 saturated carbocycles. The second-order valence-corrected chi connectivity index (χ2v) is 8.62. The van der Waals surface area contributed by atoms with E-state index in [9.17, 15) is 4.79 Å². The van der Waals surface area contributed by atoms with Crippen molar-refractivity contribution in [3.8, 4) is 0 Å². The van der Waals surface area contributed by atoms with Crippen LogP contribution in [0, 0.1) is 30.1 Å². The van der Waals surface area contributed by atoms with Gasteiger partial charge < -0.3 is 10.6 Å². The van der Waals surface area contributed by atoms with Crippen molar-refractivity contribution in [2.24, 2.45) is 23.2 Å². The molecule has 4 aliphatic carbocycles. The third kappa shape index (κ3) is 3.08. The van der Waals surface area contributed by atoms with Gasteiger partial charge in [-0.05, 0) is 92.4 Å². The van der Waals surface area contributed by atoms with E-state index in [-0.39, 0.29) is 6.03 Å². The number of hydrogen-bond donors (Lipinski definition) is 2. The number of benzene rings is 1. The van der Waals surface area contributed by atoms with Gasteiger partial charge >= 0.3 is 6.03 Å². The molecule has 0 saturated heterocycles. The molecule has 1 aromatic rings. The number of carbonyl (C=O) groups is 1. The minimum Gasteiger partial charge on any atom is -0.337 e. The lowest BCUT2D eigenvalue weighted by molar-refractivity contribution is -0.0496. The Balaban J connectivity index is 1.36. The van der Waals surface area contributed by atoms with Gasteiger partial charge in [0.25, 0.3) is 0 Å². The number of nitrogens with one attached hydrogen (secondary N) is 2. The van der Waals surface area contributed by atoms with Crippen LogP contribution in [0.3, 0.4) is 0 Å². The molecule has 1 aromatic carbocycles. The maximum Gasteiger partial charge on any atom is 0.319 e. The second-order valence-electron chi connectivity index (χ2n) is 8.18. The van der Waals surface area contributed by atoms with Crippen LogP contribution >= 0.6 is 11.6 Å². The first-order valence-corrected chi connectivity index (χ1v) is 9.20. The normalized spacial score (nSPS) is 34.4. The first kappa shape index (κ1) is 15.3. The van der Waals surface area contributed by atoms with Crippen molar-refractivity contribution in [1.82, 2.24) is 5.32 Å². The highest BCUT2D eigenvalue weighted by Gasteiger charge is 2.50. The van der Waals surface area contributed by atoms with Crippen molar-refractivity contribution in [3.63, 3.8) is 0 Å². The van der Waals surface area contributed by atoms with Gasteiger partial charge in [0.15, 0.2) is 0 Å². The molecule has 0 atom stereocenters. The molecule has 2 N–H and O–H groups in total. The van der Waals surface area contributed by atoms with Crippen LogP contribution in [-0.4, -0.2) is 12.6 Å². The van der Waals surface area contributed by atoms with Gasteiger partial charge in [-0.15, -0.1) is 0 Å². The van der Waals surface area contributed by atoms with Crippen LogP contribution in [0.2, 0.25) is 5.02 Å². The van der Waals surface area contributed by atoms with Gasteiger partial charge in [-0.25, -0.2) is 4.79 Å². The first-order chi connectivity index (χ1) is 11.0. The zero-order chi connectivity index (χ0) is 16.0. The summed E-state index contributed by atoms with van der Waals surface area (Å²) >= 11 is 5.96. The fourth-order valence-electron chi connectivity index (χ4n) is 5.71. The van der Waals surface area contributed by atoms with Crippen molar-refractivity contribution in [1.29, 1.82) is 0 Å². The Morgan fingerprint density at radius 3 is 2.35 bits per heavy atom. The zero-order valence-electron chi connectivity index (χ0n) is 13.7. The lowest BCUT2D eigenvalue weighted by atomic mass is 9.49. The van der Waals surface area contributed by atoms with Gasteiger partial charge in [0.1, 0.15) is 0 Å². The molecule has 0 aromatic heterocycles. The molecule has 3 nitrogen and oxygen atoms in total. The third-order valence-corrected chi connectivity index (χ3v) is 6.46. The lowest BCUT2D eigenvalue weighted by Crippen LogP contribution is -2.51. The average molecular weight is 333 g/mol. The Hall–Kier alpha value is -1.22. The number of anilines is 1. The van der Waals surface area contributed by atoms with E-state index in [2.05, 4.69) is 10.6 Å². The van der Waals surface area contributed by atoms with Gasteiger partial charge in [-0.3, -0.25) is 0 Å². The van der Waals surface area contributed by atoms with Gasteiger partial charge in [-0.1, -0.05) is 11.6 Å². The number of halogens is 1. The summed E-state index contributed by atoms with van der Waals surface area (Å²) in [4.78, 5) is 12.3. The van der Waals surface area contributed by atoms with E-state index in [4.69, 9.17) is 11.6 Å². The fraction of sp³-hybridized carbons (Fsp3) is 0.632. The van der Waals surface area contributed by atoms with Crippen molar-refractivity contribution >= 4 is 23.3 Å². The predicted molar refractivity (Wildman–Crippen MR) is 93.8 cm³/mol. The molecule has 0 heterocycles. The Labute approximate surface area is 143 Å². The monoisotopic (exact) mass is 332 g/mol. The molecule has 4 bridgehead atoms. The van der Waals surface area contributed by atoms with Crippen LogP contribution in [0.4, 0.5) is 10.5 Å². The summed E-state index contributed by atoms with van der Waals surface area (Å²) < 4.78 is 0. The number of urea groups is 1. The Kier molecular flexibility index (Phi) is 3.79. The van der Waals surface area contributed by atoms with E-state index >= 15 is 0 Å². The quantitative estimate of drug-likeness (QED) is 0.804. The minimum atomic E-state index is -0.0915. The SMILES string of the molecule is Cc1cc(Cl)ccc1NC(=O)NCC12CC3CC(CC(C3)C1)C2. The summed E-state index contributed by atoms with van der Waals surface area (Å²) in [6.45, 7) is 2.79. The average Bonchev–Trinajstić information content (AvgIpc) is 2.47. The van der Waals surface area contributed by atoms with Gasteiger partial charge in [-0.2, -0.15) is 0 Å². The molecule has 0 radical (unpaired) electrons. The van der Waals surface area contributed by atoms with Gasteiger partial charge in [0, 0.05) is 17.3 Å². The first-order valence-electron chi connectivity index (χ1n) is 8.82. The number of hydrogen-bond acceptors (Lipinski definition) is 1. The molecule has 0 aliphatic heterocycles. The Bertz CT molecular complexity index is 593. The highest BCUT2D eigenvalue weighted by Crippen LogP contribution is 2.59. The molecule has 4 fully saturated rings. The molecule has 0 unspecified atom stereocenters. The lowest BCUT2D eigenvalue weighted by Gasteiger charge is -2.56. The summed E-state index contributed by atoms with van der Waals surface area (Å²) in [7, 11) is 0. The molecule has 4 aliphatic rings. The number of carbonyl (C=O) groups excluding carboxylic acids is 1. The van der Waals surface area contributed by atoms with Crippen LogP contribution in [0.5, 0.6) is 0 Å². The molecule has 4 heteroatoms. The van der Waals surface area contributed by atoms with Crippen molar-refractivity contribution < 1.29 is 4.79 Å². The zero-order valence-corrected chi connectivity index (χ0v) is 14.5. The Morgan fingerprint density at radius 2 is 1.78 bits per heavy atom. The molecule has 23 heavy (non-hydrogen) atoms. The standard InChI is InChI=1S/C19H25ClN2O/c1-12-4-16(20)2-3-17(12)22-18(23)21-11-19-8-13-5-14(9-19)7-15(6-13)10-19/h2-4,13-15H,5-11H2,1H3,(H2,21,22,23). The topological polar surface area (TPSA) is 41.1 Å². The number of aryl methyl sites for hydroxylation is 1. The maximum atomic E-state index is 12.3. The van der Waals surface area contributed by atoms with Crippen LogP contribution in [0.1, 0.15) is 44.1 Å². The summed E-state index contributed by atoms with van der Waals surface area (Å²) in [6.07, 6.45) is 8.28. The Morgan fingerprint density at radius 1 is 1.17 bits per heavy atom. The number of rotatable bonds is 3. The molecule has 5 rings (SSSR count). The van der Waals surface area contributed by atoms with E-state index < -0.39 is 0 Å². The van der Waals surface area contributed by atoms with Crippen LogP contribution < -0.4 is 10.6 Å². The van der Waals surface area contributed by atoms with E-state index in [1.165, 1.54) is 38.5 Å². The van der Waals surface area contributed by atoms with Gasteiger partial charge in [0.2, 0.25) is 0 Å². The van der Waals surface area contributed by atoms with Crippen LogP contribution in [0.25, 0.3) is 0 Å². The predicted octanol–water partition coefficient (Wildman–Crippen LogP) is 4.99. The summed E-state index contributed by atoms with van der Waals surface area (Å²) in [6, 6.07) is 5.45. The second kappa shape index (κ2) is 5.70. The van der Waals surface area contributed by atoms with Crippen molar-refractivity contribution in [3.05, 3.63) is 28.8 Å². The smallest absolute Gasteiger partial charge is 0.319 e. The van der Waals surface area contributed by atoms with E-state index in [1.807, 2.05) is 25.1 Å². The molecule has 0 spiro atoms. The van der Waals surface area contributed by atoms with E-state index in [1.54, 1.807) is 0 Å². The molecular weight excluding hydrogens is 308 g/mol. The summed E-state index contributed by atoms with van der Waals surface area (Å²) in [5.41, 5.74) is 2.20. The maximum absolute atomic E-state index is 12.3. The molecule has 2 amide bonds. The number of amides is 2. The fourth-order valence-corrected chi connectivity index (χ4v) is 5.93. The van der Waals surface area contributed by atoms with Crippen LogP contribution in [-0.2, 0) is 0 Å².